The van der Waals surface area contributed by atoms with Crippen LogP contribution in [0, 0.1) is 33.1 Å². The Bertz CT molecular complexity index is 2660. The third-order valence-electron chi connectivity index (χ3n) is 25.4. The van der Waals surface area contributed by atoms with Crippen molar-refractivity contribution in [1.82, 2.24) is 0 Å². The second-order valence-electron chi connectivity index (χ2n) is 32.9. The Hall–Kier alpha value is -2.99. The summed E-state index contributed by atoms with van der Waals surface area (Å²) < 4.78 is 38.8. The molecule has 1 spiro atoms. The van der Waals surface area contributed by atoms with Gasteiger partial charge in [0.2, 0.25) is 11.6 Å². The fraction of sp³-hybridized carbons (Fsp3) is 0.828. The number of carbonyl (C=O) groups excluding carboxylic acids is 1. The molecule has 6 nitrogen and oxygen atoms in total. The van der Waals surface area contributed by atoms with Crippen LogP contribution in [0.4, 0.5) is 0 Å². The van der Waals surface area contributed by atoms with E-state index in [2.05, 4.69) is 83.1 Å². The van der Waals surface area contributed by atoms with E-state index in [-0.39, 0.29) is 17.0 Å². The van der Waals surface area contributed by atoms with E-state index in [4.69, 9.17) is 23.7 Å². The van der Waals surface area contributed by atoms with E-state index in [1.807, 2.05) is 0 Å². The molecule has 0 N–H and O–H groups in total. The Balaban J connectivity index is 0.977. The van der Waals surface area contributed by atoms with Crippen LogP contribution in [0.3, 0.4) is 0 Å². The number of ether oxygens (including phenoxy) is 5. The van der Waals surface area contributed by atoms with Crippen LogP contribution in [0.15, 0.2) is 11.1 Å². The Morgan fingerprint density at radius 1 is 0.312 bits per heavy atom. The summed E-state index contributed by atoms with van der Waals surface area (Å²) in [6, 6.07) is 0. The molecule has 2 unspecified atom stereocenters. The van der Waals surface area contributed by atoms with Crippen LogP contribution in [0.1, 0.15) is 421 Å². The standard InChI is InChI=1S/C87H144O6/c1-13-16-19-22-25-28-31-34-37-40-43-46-49-52-58-82(10)61-55-73-74-57-63-86(91-79(74)69(6)67(4)77(73)89-82)81(88)71(8)72(9)87-85(86,65-64-84(12,93-87)60-54-51-48-45-42-39-36-33-30-27-24-21-18-15-3)66-76-75-56-62-83(11,90-78(75)68(5)70(7)80(76)92-87)59-53-50-47-44-41-38-35-32-29-26-23-20-17-14-2/h13-66H2,1-12H3/t82?,83?,84-,85-,86-,87+/m1/s1. The number of ketones is 1. The lowest BCUT2D eigenvalue weighted by molar-refractivity contribution is -0.350. The fourth-order valence-electron chi connectivity index (χ4n) is 18.6. The zero-order valence-electron chi connectivity index (χ0n) is 63.1. The number of unbranched alkanes of at least 4 members (excludes halogenated alkanes) is 39. The van der Waals surface area contributed by atoms with Gasteiger partial charge in [-0.15, -0.1) is 0 Å². The Kier molecular flexibility index (Phi) is 29.9. The number of hydrogen-bond donors (Lipinski definition) is 0. The van der Waals surface area contributed by atoms with Crippen molar-refractivity contribution in [1.29, 1.82) is 0 Å². The molecule has 2 aromatic carbocycles. The van der Waals surface area contributed by atoms with Crippen LogP contribution in [0.2, 0.25) is 0 Å². The molecule has 5 aliphatic heterocycles. The molecule has 0 radical (unpaired) electrons. The predicted molar refractivity (Wildman–Crippen MR) is 395 cm³/mol. The third kappa shape index (κ3) is 18.7. The molecule has 93 heavy (non-hydrogen) atoms. The van der Waals surface area contributed by atoms with E-state index in [0.29, 0.717) is 12.8 Å². The molecule has 0 amide bonds. The number of rotatable bonds is 45. The van der Waals surface area contributed by atoms with Crippen molar-refractivity contribution in [2.24, 2.45) is 5.41 Å². The Morgan fingerprint density at radius 3 is 0.957 bits per heavy atom. The highest BCUT2D eigenvalue weighted by Gasteiger charge is 2.78. The lowest BCUT2D eigenvalue weighted by Crippen LogP contribution is -2.79. The summed E-state index contributed by atoms with van der Waals surface area (Å²) in [6.07, 6.45) is 68.1. The molecule has 0 aromatic heterocycles. The number of benzene rings is 2. The molecule has 6 heteroatoms. The summed E-state index contributed by atoms with van der Waals surface area (Å²) in [6.45, 7) is 27.3. The lowest BCUT2D eigenvalue weighted by Gasteiger charge is -2.67. The summed E-state index contributed by atoms with van der Waals surface area (Å²) in [5.41, 5.74) is 8.61. The van der Waals surface area contributed by atoms with Crippen molar-refractivity contribution in [3.05, 3.63) is 55.7 Å². The van der Waals surface area contributed by atoms with Crippen molar-refractivity contribution in [3.63, 3.8) is 0 Å². The van der Waals surface area contributed by atoms with Gasteiger partial charge in [-0.05, 0) is 174 Å². The molecule has 0 saturated carbocycles. The highest BCUT2D eigenvalue weighted by molar-refractivity contribution is 6.05. The zero-order chi connectivity index (χ0) is 66.4. The van der Waals surface area contributed by atoms with E-state index in [9.17, 15) is 0 Å². The van der Waals surface area contributed by atoms with Crippen molar-refractivity contribution < 1.29 is 28.5 Å². The summed E-state index contributed by atoms with van der Waals surface area (Å²) in [5, 5.41) is 0. The largest absolute Gasteiger partial charge is 0.487 e. The summed E-state index contributed by atoms with van der Waals surface area (Å²) in [5.74, 6) is 2.99. The van der Waals surface area contributed by atoms with Gasteiger partial charge in [0.15, 0.2) is 5.60 Å². The highest BCUT2D eigenvalue weighted by Crippen LogP contribution is 2.69. The second-order valence-corrected chi connectivity index (χ2v) is 32.9. The Morgan fingerprint density at radius 2 is 0.602 bits per heavy atom. The normalized spacial score (nSPS) is 25.4. The van der Waals surface area contributed by atoms with Crippen molar-refractivity contribution in [3.8, 4) is 23.0 Å². The molecule has 8 rings (SSSR count). The minimum absolute atomic E-state index is 0.133. The summed E-state index contributed by atoms with van der Waals surface area (Å²) >= 11 is 0. The predicted octanol–water partition coefficient (Wildman–Crippen LogP) is 26.6. The van der Waals surface area contributed by atoms with E-state index < -0.39 is 22.4 Å². The SMILES string of the molecule is CCCCCCCCCCCCCCCCC1(C)CCc2c3c(c(C)c(C)c2O1)O[C@@]12O[C@](C)(CCCCCCCCCCCCCCCC)CC[C@@]1(C3)[C@@]1(CCc3c4c(c(C)c(C)c3O1)OC(C)(CCCCCCCCCCCCCCCC)CC4)C(=O)C(C)=C2C. The van der Waals surface area contributed by atoms with E-state index in [0.717, 1.165) is 116 Å². The minimum atomic E-state index is -1.19. The zero-order valence-corrected chi connectivity index (χ0v) is 63.1. The molecule has 1 aliphatic carbocycles. The van der Waals surface area contributed by atoms with Crippen LogP contribution >= 0.6 is 0 Å². The molecule has 2 aromatic rings. The first-order valence-corrected chi connectivity index (χ1v) is 41.0. The van der Waals surface area contributed by atoms with Crippen LogP contribution in [-0.4, -0.2) is 34.0 Å². The van der Waals surface area contributed by atoms with Gasteiger partial charge in [-0.2, -0.15) is 0 Å². The molecule has 528 valence electrons. The van der Waals surface area contributed by atoms with Crippen LogP contribution in [-0.2, 0) is 35.2 Å². The van der Waals surface area contributed by atoms with Gasteiger partial charge < -0.3 is 23.7 Å². The quantitative estimate of drug-likeness (QED) is 0.0616. The van der Waals surface area contributed by atoms with Crippen LogP contribution in [0.25, 0.3) is 0 Å². The average Bonchev–Trinajstić information content (AvgIpc) is 0.657. The lowest BCUT2D eigenvalue weighted by atomic mass is 9.48. The number of carbonyl (C=O) groups is 1. The molecule has 6 aliphatic rings. The highest BCUT2D eigenvalue weighted by atomic mass is 16.7. The van der Waals surface area contributed by atoms with Crippen LogP contribution < -0.4 is 18.9 Å². The van der Waals surface area contributed by atoms with Gasteiger partial charge in [0, 0.05) is 33.4 Å². The van der Waals surface area contributed by atoms with Gasteiger partial charge in [-0.3, -0.25) is 4.79 Å². The smallest absolute Gasteiger partial charge is 0.244 e. The molecule has 5 heterocycles. The van der Waals surface area contributed by atoms with Gasteiger partial charge in [0.1, 0.15) is 34.2 Å². The van der Waals surface area contributed by atoms with Crippen molar-refractivity contribution in [2.45, 2.75) is 458 Å². The fourth-order valence-corrected chi connectivity index (χ4v) is 18.6. The van der Waals surface area contributed by atoms with Gasteiger partial charge in [-0.25, -0.2) is 0 Å². The van der Waals surface area contributed by atoms with Gasteiger partial charge in [0.25, 0.3) is 0 Å². The van der Waals surface area contributed by atoms with E-state index in [1.54, 1.807) is 0 Å². The molecule has 6 atom stereocenters. The van der Waals surface area contributed by atoms with Gasteiger partial charge in [0.05, 0.1) is 11.0 Å². The first-order valence-electron chi connectivity index (χ1n) is 41.0. The first kappa shape index (κ1) is 75.8. The first-order chi connectivity index (χ1) is 45.0. The number of hydrogen-bond acceptors (Lipinski definition) is 6. The molecule has 1 saturated heterocycles. The summed E-state index contributed by atoms with van der Waals surface area (Å²) in [7, 11) is 0. The average molecular weight is 1290 g/mol. The third-order valence-corrected chi connectivity index (χ3v) is 25.4. The molecule has 0 bridgehead atoms. The topological polar surface area (TPSA) is 63.2 Å². The summed E-state index contributed by atoms with van der Waals surface area (Å²) in [4.78, 5) is 16.2. The maximum atomic E-state index is 16.2. The molecule has 1 fully saturated rings. The molecular formula is C87H144O6. The minimum Gasteiger partial charge on any atom is -0.487 e. The second kappa shape index (κ2) is 36.7. The molecular weight excluding hydrogens is 1140 g/mol. The maximum Gasteiger partial charge on any atom is 0.244 e. The van der Waals surface area contributed by atoms with E-state index in [1.165, 1.54) is 297 Å². The van der Waals surface area contributed by atoms with Crippen molar-refractivity contribution in [2.75, 3.05) is 0 Å². The van der Waals surface area contributed by atoms with E-state index >= 15 is 4.79 Å². The Labute approximate surface area is 573 Å². The number of Topliss-reactive ketones (excluding diaryl/α,β-unsaturated/α-hetero) is 1. The van der Waals surface area contributed by atoms with Gasteiger partial charge in [-0.1, -0.05) is 278 Å². The number of fused-ring (bicyclic) bond motifs is 6. The van der Waals surface area contributed by atoms with Gasteiger partial charge >= 0.3 is 0 Å². The maximum absolute atomic E-state index is 16.2. The monoisotopic (exact) mass is 1290 g/mol. The van der Waals surface area contributed by atoms with Crippen LogP contribution in [0.5, 0.6) is 23.0 Å². The van der Waals surface area contributed by atoms with Crippen molar-refractivity contribution >= 4 is 5.78 Å².